The van der Waals surface area contributed by atoms with E-state index in [0.29, 0.717) is 36.9 Å². The lowest BCUT2D eigenvalue weighted by Gasteiger charge is -2.16. The summed E-state index contributed by atoms with van der Waals surface area (Å²) in [6, 6.07) is 18.0. The molecule has 0 radical (unpaired) electrons. The van der Waals surface area contributed by atoms with E-state index >= 15 is 0 Å². The lowest BCUT2D eigenvalue weighted by molar-refractivity contribution is 0.265. The Morgan fingerprint density at radius 3 is 2.21 bits per heavy atom. The first-order chi connectivity index (χ1) is 13.7. The van der Waals surface area contributed by atoms with Crippen LogP contribution in [0, 0.1) is 6.92 Å². The van der Waals surface area contributed by atoms with Gasteiger partial charge in [-0.3, -0.25) is 4.98 Å². The smallest absolute Gasteiger partial charge is 0.203 e. The number of nitrogens with zero attached hydrogens (tertiary/aromatic N) is 1. The highest BCUT2D eigenvalue weighted by atomic mass is 16.5. The number of aryl methyl sites for hydroxylation is 1. The van der Waals surface area contributed by atoms with Crippen molar-refractivity contribution < 1.29 is 14.2 Å². The molecule has 0 saturated heterocycles. The van der Waals surface area contributed by atoms with E-state index in [-0.39, 0.29) is 0 Å². The highest BCUT2D eigenvalue weighted by Gasteiger charge is 2.14. The Morgan fingerprint density at radius 2 is 1.57 bits per heavy atom. The summed E-state index contributed by atoms with van der Waals surface area (Å²) >= 11 is 0. The third kappa shape index (κ3) is 5.02. The van der Waals surface area contributed by atoms with Gasteiger partial charge in [0.05, 0.1) is 19.9 Å². The Balaban J connectivity index is 1.70. The van der Waals surface area contributed by atoms with Crippen molar-refractivity contribution >= 4 is 0 Å². The number of pyridine rings is 1. The number of rotatable bonds is 9. The molecule has 146 valence electrons. The molecule has 1 N–H and O–H groups in total. The Bertz CT molecular complexity index is 872. The Labute approximate surface area is 166 Å². The first-order valence-corrected chi connectivity index (χ1v) is 9.24. The van der Waals surface area contributed by atoms with Gasteiger partial charge in [-0.25, -0.2) is 0 Å². The number of aromatic nitrogens is 1. The topological polar surface area (TPSA) is 52.6 Å². The molecule has 3 aromatic rings. The van der Waals surface area contributed by atoms with Gasteiger partial charge in [-0.15, -0.1) is 0 Å². The quantitative estimate of drug-likeness (QED) is 0.602. The van der Waals surface area contributed by atoms with Crippen molar-refractivity contribution in [2.45, 2.75) is 26.6 Å². The van der Waals surface area contributed by atoms with E-state index in [4.69, 9.17) is 14.2 Å². The predicted octanol–water partition coefficient (Wildman–Crippen LogP) is 4.28. The van der Waals surface area contributed by atoms with Crippen LogP contribution in [0.3, 0.4) is 0 Å². The van der Waals surface area contributed by atoms with Crippen LogP contribution in [-0.4, -0.2) is 19.2 Å². The van der Waals surface area contributed by atoms with Crippen LogP contribution in [0.1, 0.15) is 22.4 Å². The van der Waals surface area contributed by atoms with Crippen LogP contribution in [0.4, 0.5) is 0 Å². The Hall–Kier alpha value is -3.05. The zero-order valence-corrected chi connectivity index (χ0v) is 16.6. The van der Waals surface area contributed by atoms with Gasteiger partial charge in [0.25, 0.3) is 0 Å². The lowest BCUT2D eigenvalue weighted by atomic mass is 10.1. The minimum absolute atomic E-state index is 0.449. The fourth-order valence-electron chi connectivity index (χ4n) is 2.94. The van der Waals surface area contributed by atoms with Crippen molar-refractivity contribution in [2.75, 3.05) is 14.2 Å². The van der Waals surface area contributed by atoms with Gasteiger partial charge in [0.1, 0.15) is 6.61 Å². The fourth-order valence-corrected chi connectivity index (χ4v) is 2.94. The van der Waals surface area contributed by atoms with E-state index in [1.54, 1.807) is 14.2 Å². The molecule has 0 bridgehead atoms. The molecule has 5 heteroatoms. The molecule has 3 rings (SSSR count). The van der Waals surface area contributed by atoms with E-state index in [0.717, 1.165) is 16.8 Å². The van der Waals surface area contributed by atoms with Gasteiger partial charge in [-0.2, -0.15) is 0 Å². The zero-order valence-electron chi connectivity index (χ0n) is 16.6. The van der Waals surface area contributed by atoms with Crippen molar-refractivity contribution in [2.24, 2.45) is 0 Å². The van der Waals surface area contributed by atoms with Gasteiger partial charge in [-0.05, 0) is 41.8 Å². The average Bonchev–Trinajstić information content (AvgIpc) is 2.74. The molecular formula is C23H26N2O3. The molecule has 1 heterocycles. The number of nitrogens with one attached hydrogen (secondary N) is 1. The van der Waals surface area contributed by atoms with Gasteiger partial charge < -0.3 is 19.5 Å². The largest absolute Gasteiger partial charge is 0.493 e. The van der Waals surface area contributed by atoms with Crippen molar-refractivity contribution in [1.82, 2.24) is 10.3 Å². The van der Waals surface area contributed by atoms with Crippen molar-refractivity contribution in [3.05, 3.63) is 83.2 Å². The SMILES string of the molecule is COc1cc(CNCc2ncccc2C)cc(OC)c1OCc1ccccc1. The molecule has 0 aliphatic rings. The highest BCUT2D eigenvalue weighted by molar-refractivity contribution is 5.54. The van der Waals surface area contributed by atoms with Gasteiger partial charge in [0, 0.05) is 19.3 Å². The summed E-state index contributed by atoms with van der Waals surface area (Å²) in [6.45, 7) is 3.88. The maximum atomic E-state index is 6.00. The van der Waals surface area contributed by atoms with Gasteiger partial charge >= 0.3 is 0 Å². The first kappa shape index (κ1) is 19.7. The van der Waals surface area contributed by atoms with Crippen LogP contribution in [0.15, 0.2) is 60.8 Å². The molecule has 0 aliphatic heterocycles. The highest BCUT2D eigenvalue weighted by Crippen LogP contribution is 2.39. The van der Waals surface area contributed by atoms with Crippen molar-refractivity contribution in [3.8, 4) is 17.2 Å². The van der Waals surface area contributed by atoms with Crippen molar-refractivity contribution in [1.29, 1.82) is 0 Å². The van der Waals surface area contributed by atoms with E-state index in [1.807, 2.05) is 54.7 Å². The second-order valence-electron chi connectivity index (χ2n) is 6.47. The van der Waals surface area contributed by atoms with Crippen LogP contribution in [0.2, 0.25) is 0 Å². The molecule has 0 unspecified atom stereocenters. The molecule has 5 nitrogen and oxygen atoms in total. The summed E-state index contributed by atoms with van der Waals surface area (Å²) < 4.78 is 17.1. The normalized spacial score (nSPS) is 10.5. The molecule has 28 heavy (non-hydrogen) atoms. The summed E-state index contributed by atoms with van der Waals surface area (Å²) in [7, 11) is 3.28. The van der Waals surface area contributed by atoms with Crippen LogP contribution in [0.25, 0.3) is 0 Å². The maximum Gasteiger partial charge on any atom is 0.203 e. The van der Waals surface area contributed by atoms with Gasteiger partial charge in [-0.1, -0.05) is 36.4 Å². The molecule has 0 spiro atoms. The second kappa shape index (κ2) is 9.76. The van der Waals surface area contributed by atoms with Gasteiger partial charge in [0.15, 0.2) is 11.5 Å². The standard InChI is InChI=1S/C23H26N2O3/c1-17-8-7-11-25-20(17)15-24-14-19-12-21(26-2)23(22(13-19)27-3)28-16-18-9-5-4-6-10-18/h4-13,24H,14-16H2,1-3H3. The number of hydrogen-bond donors (Lipinski definition) is 1. The lowest BCUT2D eigenvalue weighted by Crippen LogP contribution is -2.15. The van der Waals surface area contributed by atoms with Gasteiger partial charge in [0.2, 0.25) is 5.75 Å². The maximum absolute atomic E-state index is 6.00. The summed E-state index contributed by atoms with van der Waals surface area (Å²) in [5.41, 5.74) is 4.36. The van der Waals surface area contributed by atoms with Crippen LogP contribution in [-0.2, 0) is 19.7 Å². The number of benzene rings is 2. The molecule has 0 aliphatic carbocycles. The Kier molecular flexibility index (Phi) is 6.87. The summed E-state index contributed by atoms with van der Waals surface area (Å²) in [4.78, 5) is 4.41. The third-order valence-corrected chi connectivity index (χ3v) is 4.49. The van der Waals surface area contributed by atoms with E-state index in [2.05, 4.69) is 23.3 Å². The third-order valence-electron chi connectivity index (χ3n) is 4.49. The van der Waals surface area contributed by atoms with E-state index < -0.39 is 0 Å². The molecule has 1 aromatic heterocycles. The number of methoxy groups -OCH3 is 2. The first-order valence-electron chi connectivity index (χ1n) is 9.24. The Morgan fingerprint density at radius 1 is 0.857 bits per heavy atom. The number of hydrogen-bond acceptors (Lipinski definition) is 5. The second-order valence-corrected chi connectivity index (χ2v) is 6.47. The average molecular weight is 378 g/mol. The number of ether oxygens (including phenoxy) is 3. The molecular weight excluding hydrogens is 352 g/mol. The molecule has 0 atom stereocenters. The summed E-state index contributed by atoms with van der Waals surface area (Å²) in [5, 5.41) is 3.42. The van der Waals surface area contributed by atoms with E-state index in [1.165, 1.54) is 5.56 Å². The van der Waals surface area contributed by atoms with Crippen molar-refractivity contribution in [3.63, 3.8) is 0 Å². The minimum Gasteiger partial charge on any atom is -0.493 e. The molecule has 0 saturated carbocycles. The summed E-state index contributed by atoms with van der Waals surface area (Å²) in [5.74, 6) is 1.92. The van der Waals surface area contributed by atoms with Crippen LogP contribution >= 0.6 is 0 Å². The fraction of sp³-hybridized carbons (Fsp3) is 0.261. The molecule has 0 amide bonds. The zero-order chi connectivity index (χ0) is 19.8. The predicted molar refractivity (Wildman–Crippen MR) is 110 cm³/mol. The van der Waals surface area contributed by atoms with E-state index in [9.17, 15) is 0 Å². The molecule has 0 fully saturated rings. The minimum atomic E-state index is 0.449. The monoisotopic (exact) mass is 378 g/mol. The molecule has 2 aromatic carbocycles. The van der Waals surface area contributed by atoms with Crippen LogP contribution < -0.4 is 19.5 Å². The summed E-state index contributed by atoms with van der Waals surface area (Å²) in [6.07, 6.45) is 1.81. The van der Waals surface area contributed by atoms with Crippen LogP contribution in [0.5, 0.6) is 17.2 Å².